The fourth-order valence-corrected chi connectivity index (χ4v) is 3.81. The number of hydrogen-bond acceptors (Lipinski definition) is 2. The summed E-state index contributed by atoms with van der Waals surface area (Å²) in [5, 5.41) is 6.14. The molecule has 0 aromatic heterocycles. The van der Waals surface area contributed by atoms with Crippen LogP contribution in [0.1, 0.15) is 47.5 Å². The molecule has 1 heterocycles. The van der Waals surface area contributed by atoms with Crippen LogP contribution < -0.4 is 0 Å². The molecule has 1 aliphatic heterocycles. The Balaban J connectivity index is 2.24. The average molecular weight is 248 g/mol. The summed E-state index contributed by atoms with van der Waals surface area (Å²) in [6, 6.07) is 0.261. The Bertz CT molecular complexity index is 411. The van der Waals surface area contributed by atoms with E-state index in [1.54, 1.807) is 11.9 Å². The first-order chi connectivity index (χ1) is 8.40. The van der Waals surface area contributed by atoms with Crippen LogP contribution in [0.15, 0.2) is 16.8 Å². The van der Waals surface area contributed by atoms with Gasteiger partial charge in [-0.05, 0) is 38.0 Å². The maximum absolute atomic E-state index is 11.7. The van der Waals surface area contributed by atoms with Gasteiger partial charge in [0, 0.05) is 19.1 Å². The molecule has 18 heavy (non-hydrogen) atoms. The molecular weight excluding hydrogens is 224 g/mol. The molecule has 0 saturated heterocycles. The largest absolute Gasteiger partial charge is 0.273 e. The second-order valence-corrected chi connectivity index (χ2v) is 6.10. The molecule has 3 nitrogen and oxygen atoms in total. The van der Waals surface area contributed by atoms with E-state index in [0.29, 0.717) is 17.8 Å². The molecule has 3 heteroatoms. The highest BCUT2D eigenvalue weighted by molar-refractivity contribution is 5.87. The topological polar surface area (TPSA) is 32.7 Å². The van der Waals surface area contributed by atoms with E-state index in [2.05, 4.69) is 31.9 Å². The first-order valence-corrected chi connectivity index (χ1v) is 6.91. The van der Waals surface area contributed by atoms with Gasteiger partial charge < -0.3 is 0 Å². The Hall–Kier alpha value is -1.12. The summed E-state index contributed by atoms with van der Waals surface area (Å²) in [7, 11) is 0. The van der Waals surface area contributed by atoms with Gasteiger partial charge >= 0.3 is 0 Å². The smallest absolute Gasteiger partial charge is 0.239 e. The van der Waals surface area contributed by atoms with Gasteiger partial charge in [0.25, 0.3) is 0 Å². The minimum Gasteiger partial charge on any atom is -0.273 e. The van der Waals surface area contributed by atoms with Gasteiger partial charge in [0.15, 0.2) is 0 Å². The maximum atomic E-state index is 11.7. The van der Waals surface area contributed by atoms with Crippen LogP contribution in [0.4, 0.5) is 0 Å². The predicted molar refractivity (Wildman–Crippen MR) is 74.2 cm³/mol. The van der Waals surface area contributed by atoms with Crippen LogP contribution >= 0.6 is 0 Å². The summed E-state index contributed by atoms with van der Waals surface area (Å²) < 4.78 is 0. The van der Waals surface area contributed by atoms with E-state index in [9.17, 15) is 4.79 Å². The molecule has 100 valence electrons. The molecule has 0 saturated carbocycles. The maximum Gasteiger partial charge on any atom is 0.239 e. The number of hydrogen-bond donors (Lipinski definition) is 0. The van der Waals surface area contributed by atoms with Crippen molar-refractivity contribution < 1.29 is 4.79 Å². The van der Waals surface area contributed by atoms with Gasteiger partial charge in [0.2, 0.25) is 5.91 Å². The quantitative estimate of drug-likeness (QED) is 0.656. The number of rotatable bonds is 1. The lowest BCUT2D eigenvalue weighted by Gasteiger charge is -2.39. The van der Waals surface area contributed by atoms with Crippen LogP contribution in [0.2, 0.25) is 0 Å². The zero-order valence-electron chi connectivity index (χ0n) is 12.1. The molecule has 1 amide bonds. The number of hydrazone groups is 1. The molecular formula is C15H24N2O. The molecule has 0 spiro atoms. The third-order valence-electron chi connectivity index (χ3n) is 4.32. The van der Waals surface area contributed by atoms with Crippen molar-refractivity contribution in [3.8, 4) is 0 Å². The van der Waals surface area contributed by atoms with E-state index in [4.69, 9.17) is 0 Å². The SMILES string of the molecule is CC(=O)N1N=C(C)C[C@@H]1[C@@H]1[C@H](C)C=C(C)C[C@H]1C. The molecule has 2 rings (SSSR count). The van der Waals surface area contributed by atoms with Crippen molar-refractivity contribution in [1.29, 1.82) is 0 Å². The van der Waals surface area contributed by atoms with Crippen molar-refractivity contribution in [3.05, 3.63) is 11.6 Å². The Labute approximate surface area is 110 Å². The molecule has 0 radical (unpaired) electrons. The number of carbonyl (C=O) groups excluding carboxylic acids is 1. The zero-order valence-corrected chi connectivity index (χ0v) is 12.1. The summed E-state index contributed by atoms with van der Waals surface area (Å²) in [4.78, 5) is 11.7. The van der Waals surface area contributed by atoms with Crippen LogP contribution in [0.25, 0.3) is 0 Å². The summed E-state index contributed by atoms with van der Waals surface area (Å²) in [6.45, 7) is 10.4. The second kappa shape index (κ2) is 4.87. The molecule has 4 atom stereocenters. The van der Waals surface area contributed by atoms with Crippen molar-refractivity contribution in [2.24, 2.45) is 22.9 Å². The summed E-state index contributed by atoms with van der Waals surface area (Å²) in [6.07, 6.45) is 4.46. The van der Waals surface area contributed by atoms with Gasteiger partial charge in [-0.15, -0.1) is 0 Å². The van der Waals surface area contributed by atoms with E-state index in [1.807, 2.05) is 6.92 Å². The fourth-order valence-electron chi connectivity index (χ4n) is 3.81. The highest BCUT2D eigenvalue weighted by Crippen LogP contribution is 2.40. The first kappa shape index (κ1) is 13.3. The first-order valence-electron chi connectivity index (χ1n) is 6.91. The Kier molecular flexibility index (Phi) is 3.60. The van der Waals surface area contributed by atoms with Crippen LogP contribution in [0.5, 0.6) is 0 Å². The van der Waals surface area contributed by atoms with Gasteiger partial charge in [0.1, 0.15) is 0 Å². The highest BCUT2D eigenvalue weighted by atomic mass is 16.2. The van der Waals surface area contributed by atoms with Crippen molar-refractivity contribution in [3.63, 3.8) is 0 Å². The number of nitrogens with zero attached hydrogens (tertiary/aromatic N) is 2. The lowest BCUT2D eigenvalue weighted by atomic mass is 9.70. The Morgan fingerprint density at radius 2 is 2.00 bits per heavy atom. The van der Waals surface area contributed by atoms with Crippen LogP contribution in [-0.2, 0) is 4.79 Å². The van der Waals surface area contributed by atoms with Gasteiger partial charge in [-0.25, -0.2) is 5.01 Å². The third-order valence-corrected chi connectivity index (χ3v) is 4.32. The van der Waals surface area contributed by atoms with E-state index >= 15 is 0 Å². The lowest BCUT2D eigenvalue weighted by Crippen LogP contribution is -2.43. The monoisotopic (exact) mass is 248 g/mol. The molecule has 1 aliphatic carbocycles. The molecule has 0 unspecified atom stereocenters. The van der Waals surface area contributed by atoms with Crippen molar-refractivity contribution in [1.82, 2.24) is 5.01 Å². The molecule has 0 bridgehead atoms. The van der Waals surface area contributed by atoms with Gasteiger partial charge in [-0.2, -0.15) is 5.10 Å². The standard InChI is InChI=1S/C15H24N2O/c1-9-6-10(2)15(11(3)7-9)14-8-12(4)16-17(14)13(5)18/h6,10-11,14-15H,7-8H2,1-5H3/t10-,11-,14-,15-/m1/s1. The molecule has 0 N–H and O–H groups in total. The third kappa shape index (κ3) is 2.36. The van der Waals surface area contributed by atoms with Crippen molar-refractivity contribution in [2.75, 3.05) is 0 Å². The van der Waals surface area contributed by atoms with Crippen LogP contribution in [0.3, 0.4) is 0 Å². The molecule has 0 aromatic rings. The van der Waals surface area contributed by atoms with E-state index in [0.717, 1.165) is 18.6 Å². The van der Waals surface area contributed by atoms with Gasteiger partial charge in [-0.3, -0.25) is 4.79 Å². The number of allylic oxidation sites excluding steroid dienone is 2. The number of amides is 1. The Morgan fingerprint density at radius 3 is 2.56 bits per heavy atom. The van der Waals surface area contributed by atoms with Gasteiger partial charge in [0.05, 0.1) is 6.04 Å². The van der Waals surface area contributed by atoms with Crippen LogP contribution in [-0.4, -0.2) is 22.7 Å². The minimum atomic E-state index is 0.0718. The van der Waals surface area contributed by atoms with Gasteiger partial charge in [-0.1, -0.05) is 25.5 Å². The van der Waals surface area contributed by atoms with Crippen molar-refractivity contribution in [2.45, 2.75) is 53.5 Å². The fraction of sp³-hybridized carbons (Fsp3) is 0.733. The van der Waals surface area contributed by atoms with E-state index in [1.165, 1.54) is 5.57 Å². The summed E-state index contributed by atoms with van der Waals surface area (Å²) >= 11 is 0. The second-order valence-electron chi connectivity index (χ2n) is 6.10. The molecule has 2 aliphatic rings. The summed E-state index contributed by atoms with van der Waals surface area (Å²) in [5.41, 5.74) is 2.57. The average Bonchev–Trinajstić information content (AvgIpc) is 2.58. The van der Waals surface area contributed by atoms with Crippen molar-refractivity contribution >= 4 is 11.6 Å². The molecule has 0 aromatic carbocycles. The minimum absolute atomic E-state index is 0.0718. The lowest BCUT2D eigenvalue weighted by molar-refractivity contribution is -0.132. The van der Waals surface area contributed by atoms with E-state index < -0.39 is 0 Å². The van der Waals surface area contributed by atoms with E-state index in [-0.39, 0.29) is 11.9 Å². The zero-order chi connectivity index (χ0) is 13.4. The summed E-state index contributed by atoms with van der Waals surface area (Å²) in [5.74, 6) is 1.75. The Morgan fingerprint density at radius 1 is 1.33 bits per heavy atom. The normalized spacial score (nSPS) is 36.4. The highest BCUT2D eigenvalue weighted by Gasteiger charge is 2.40. The molecule has 0 fully saturated rings. The number of carbonyl (C=O) groups is 1. The predicted octanol–water partition coefficient (Wildman–Crippen LogP) is 3.22. The van der Waals surface area contributed by atoms with Crippen LogP contribution in [0, 0.1) is 17.8 Å².